The first-order valence-corrected chi connectivity index (χ1v) is 5.33. The number of rotatable bonds is 1. The van der Waals surface area contributed by atoms with Gasteiger partial charge in [-0.05, 0) is 25.1 Å². The summed E-state index contributed by atoms with van der Waals surface area (Å²) in [5.41, 5.74) is 8.94. The van der Waals surface area contributed by atoms with E-state index in [2.05, 4.69) is 15.0 Å². The van der Waals surface area contributed by atoms with Gasteiger partial charge in [0.05, 0.1) is 11.0 Å². The molecule has 0 atom stereocenters. The van der Waals surface area contributed by atoms with E-state index >= 15 is 0 Å². The number of benzene rings is 1. The Balaban J connectivity index is 2.21. The molecule has 0 aliphatic carbocycles. The smallest absolute Gasteiger partial charge is 0.191 e. The zero-order valence-corrected chi connectivity index (χ0v) is 9.61. The number of hydrogen-bond donors (Lipinski definition) is 2. The fourth-order valence-electron chi connectivity index (χ4n) is 1.88. The number of fused-ring (bicyclic) bond motifs is 1. The van der Waals surface area contributed by atoms with Gasteiger partial charge in [-0.3, -0.25) is 0 Å². The molecule has 0 unspecified atom stereocenters. The lowest BCUT2D eigenvalue weighted by molar-refractivity contribution is 0.494. The third-order valence-electron chi connectivity index (χ3n) is 2.63. The second kappa shape index (κ2) is 3.35. The van der Waals surface area contributed by atoms with E-state index in [9.17, 15) is 0 Å². The van der Waals surface area contributed by atoms with Gasteiger partial charge in [0.1, 0.15) is 11.5 Å². The number of nitrogens with two attached hydrogens (primary N) is 1. The predicted octanol–water partition coefficient (Wildman–Crippen LogP) is 2.42. The maximum atomic E-state index is 5.72. The molecule has 0 bridgehead atoms. The summed E-state index contributed by atoms with van der Waals surface area (Å²) in [6.45, 7) is 3.69. The molecule has 17 heavy (non-hydrogen) atoms. The summed E-state index contributed by atoms with van der Waals surface area (Å²) in [5.74, 6) is 2.10. The molecule has 0 radical (unpaired) electrons. The van der Waals surface area contributed by atoms with Gasteiger partial charge >= 0.3 is 0 Å². The number of oxazole rings is 1. The van der Waals surface area contributed by atoms with E-state index < -0.39 is 0 Å². The van der Waals surface area contributed by atoms with Gasteiger partial charge in [-0.25, -0.2) is 9.97 Å². The minimum absolute atomic E-state index is 0.637. The van der Waals surface area contributed by atoms with E-state index in [-0.39, 0.29) is 0 Å². The molecule has 0 saturated carbocycles. The normalized spacial score (nSPS) is 11.2. The van der Waals surface area contributed by atoms with Crippen LogP contribution in [0.4, 0.5) is 5.69 Å². The molecule has 5 nitrogen and oxygen atoms in total. The molecule has 3 aromatic rings. The topological polar surface area (TPSA) is 80.7 Å². The minimum Gasteiger partial charge on any atom is -0.446 e. The van der Waals surface area contributed by atoms with Crippen molar-refractivity contribution >= 4 is 16.7 Å². The first-order valence-electron chi connectivity index (χ1n) is 5.33. The zero-order chi connectivity index (χ0) is 12.0. The highest BCUT2D eigenvalue weighted by atomic mass is 16.4. The SMILES string of the molecule is Cc1nc(-c2nc3cc(N)ccc3[nH]2)c(C)o1. The predicted molar refractivity (Wildman–Crippen MR) is 65.5 cm³/mol. The van der Waals surface area contributed by atoms with Crippen LogP contribution in [0.1, 0.15) is 11.7 Å². The summed E-state index contributed by atoms with van der Waals surface area (Å²) >= 11 is 0. The van der Waals surface area contributed by atoms with E-state index in [0.29, 0.717) is 17.4 Å². The Hall–Kier alpha value is -2.30. The molecule has 3 rings (SSSR count). The first kappa shape index (κ1) is 9.89. The average molecular weight is 228 g/mol. The van der Waals surface area contributed by atoms with Crippen LogP contribution >= 0.6 is 0 Å². The van der Waals surface area contributed by atoms with E-state index in [0.717, 1.165) is 22.5 Å². The number of nitrogens with zero attached hydrogens (tertiary/aromatic N) is 2. The van der Waals surface area contributed by atoms with Crippen LogP contribution in [0.5, 0.6) is 0 Å². The van der Waals surface area contributed by atoms with Crippen molar-refractivity contribution in [3.05, 3.63) is 29.9 Å². The lowest BCUT2D eigenvalue weighted by atomic mass is 10.3. The molecular weight excluding hydrogens is 216 g/mol. The summed E-state index contributed by atoms with van der Waals surface area (Å²) in [6, 6.07) is 5.58. The van der Waals surface area contributed by atoms with Crippen LogP contribution in [0.3, 0.4) is 0 Å². The monoisotopic (exact) mass is 228 g/mol. The number of aryl methyl sites for hydroxylation is 2. The number of nitrogen functional groups attached to an aromatic ring is 1. The molecule has 86 valence electrons. The molecule has 5 heteroatoms. The Morgan fingerprint density at radius 1 is 1.24 bits per heavy atom. The highest BCUT2D eigenvalue weighted by Gasteiger charge is 2.13. The summed E-state index contributed by atoms with van der Waals surface area (Å²) in [7, 11) is 0. The van der Waals surface area contributed by atoms with Crippen LogP contribution in [0.15, 0.2) is 22.6 Å². The van der Waals surface area contributed by atoms with Crippen molar-refractivity contribution in [2.75, 3.05) is 5.73 Å². The van der Waals surface area contributed by atoms with Gasteiger partial charge < -0.3 is 15.1 Å². The maximum absolute atomic E-state index is 5.72. The van der Waals surface area contributed by atoms with Gasteiger partial charge in [-0.2, -0.15) is 0 Å². The lowest BCUT2D eigenvalue weighted by Crippen LogP contribution is -1.83. The Kier molecular flexibility index (Phi) is 1.95. The third kappa shape index (κ3) is 1.56. The molecule has 3 N–H and O–H groups in total. The highest BCUT2D eigenvalue weighted by molar-refractivity contribution is 5.81. The zero-order valence-electron chi connectivity index (χ0n) is 9.61. The molecule has 0 saturated heterocycles. The minimum atomic E-state index is 0.637. The molecule has 2 aromatic heterocycles. The molecule has 0 aliphatic rings. The van der Waals surface area contributed by atoms with Crippen molar-refractivity contribution in [3.63, 3.8) is 0 Å². The van der Waals surface area contributed by atoms with Gasteiger partial charge in [-0.1, -0.05) is 0 Å². The summed E-state index contributed by atoms with van der Waals surface area (Å²) in [6.07, 6.45) is 0. The third-order valence-corrected chi connectivity index (χ3v) is 2.63. The van der Waals surface area contributed by atoms with Gasteiger partial charge in [0, 0.05) is 12.6 Å². The van der Waals surface area contributed by atoms with Gasteiger partial charge in [0.15, 0.2) is 11.7 Å². The summed E-state index contributed by atoms with van der Waals surface area (Å²) in [5, 5.41) is 0. The average Bonchev–Trinajstić information content (AvgIpc) is 2.80. The van der Waals surface area contributed by atoms with Crippen molar-refractivity contribution in [2.45, 2.75) is 13.8 Å². The molecule has 0 aliphatic heterocycles. The number of imidazole rings is 1. The van der Waals surface area contributed by atoms with Crippen molar-refractivity contribution in [1.82, 2.24) is 15.0 Å². The molecule has 2 heterocycles. The molecular formula is C12H12N4O. The van der Waals surface area contributed by atoms with E-state index in [4.69, 9.17) is 10.2 Å². The molecule has 1 aromatic carbocycles. The van der Waals surface area contributed by atoms with Crippen LogP contribution in [-0.4, -0.2) is 15.0 Å². The van der Waals surface area contributed by atoms with Gasteiger partial charge in [0.2, 0.25) is 0 Å². The maximum Gasteiger partial charge on any atom is 0.191 e. The van der Waals surface area contributed by atoms with Crippen LogP contribution in [-0.2, 0) is 0 Å². The van der Waals surface area contributed by atoms with Gasteiger partial charge in [-0.15, -0.1) is 0 Å². The van der Waals surface area contributed by atoms with E-state index in [1.165, 1.54) is 0 Å². The number of aromatic amines is 1. The Morgan fingerprint density at radius 2 is 2.06 bits per heavy atom. The number of hydrogen-bond acceptors (Lipinski definition) is 4. The Morgan fingerprint density at radius 3 is 2.76 bits per heavy atom. The summed E-state index contributed by atoms with van der Waals surface area (Å²) in [4.78, 5) is 12.0. The number of aromatic nitrogens is 3. The van der Waals surface area contributed by atoms with E-state index in [1.54, 1.807) is 0 Å². The highest BCUT2D eigenvalue weighted by Crippen LogP contribution is 2.24. The first-order chi connectivity index (χ1) is 8.13. The van der Waals surface area contributed by atoms with Crippen LogP contribution in [0.2, 0.25) is 0 Å². The Bertz CT molecular complexity index is 696. The largest absolute Gasteiger partial charge is 0.446 e. The van der Waals surface area contributed by atoms with Crippen LogP contribution < -0.4 is 5.73 Å². The fourth-order valence-corrected chi connectivity index (χ4v) is 1.88. The van der Waals surface area contributed by atoms with Crippen molar-refractivity contribution in [2.24, 2.45) is 0 Å². The van der Waals surface area contributed by atoms with Crippen LogP contribution in [0, 0.1) is 13.8 Å². The van der Waals surface area contributed by atoms with Crippen molar-refractivity contribution in [3.8, 4) is 11.5 Å². The molecule has 0 spiro atoms. The summed E-state index contributed by atoms with van der Waals surface area (Å²) < 4.78 is 5.39. The van der Waals surface area contributed by atoms with Crippen molar-refractivity contribution in [1.29, 1.82) is 0 Å². The molecule has 0 amide bonds. The van der Waals surface area contributed by atoms with Gasteiger partial charge in [0.25, 0.3) is 0 Å². The molecule has 0 fully saturated rings. The fraction of sp³-hybridized carbons (Fsp3) is 0.167. The second-order valence-electron chi connectivity index (χ2n) is 4.00. The second-order valence-corrected chi connectivity index (χ2v) is 4.00. The van der Waals surface area contributed by atoms with Crippen molar-refractivity contribution < 1.29 is 4.42 Å². The number of nitrogens with one attached hydrogen (secondary N) is 1. The standard InChI is InChI=1S/C12H12N4O/c1-6-11(14-7(2)17-6)12-15-9-4-3-8(13)5-10(9)16-12/h3-5H,13H2,1-2H3,(H,15,16). The van der Waals surface area contributed by atoms with E-state index in [1.807, 2.05) is 32.0 Å². The van der Waals surface area contributed by atoms with Crippen LogP contribution in [0.25, 0.3) is 22.6 Å². The lowest BCUT2D eigenvalue weighted by Gasteiger charge is -1.89. The number of anilines is 1. The quantitative estimate of drug-likeness (QED) is 0.627. The Labute approximate surface area is 97.7 Å². The number of H-pyrrole nitrogens is 1.